The first-order valence-corrected chi connectivity index (χ1v) is 4.57. The highest BCUT2D eigenvalue weighted by Gasteiger charge is 2.42. The highest BCUT2D eigenvalue weighted by molar-refractivity contribution is 4.95. The Morgan fingerprint density at radius 3 is 2.53 bits per heavy atom. The average molecular weight is 216 g/mol. The molecule has 1 saturated heterocycles. The fraction of sp³-hybridized carbons (Fsp3) is 0.857. The van der Waals surface area contributed by atoms with E-state index in [1.165, 1.54) is 0 Å². The van der Waals surface area contributed by atoms with E-state index in [2.05, 4.69) is 20.6 Å². The summed E-state index contributed by atoms with van der Waals surface area (Å²) in [6, 6.07) is 0. The highest BCUT2D eigenvalue weighted by Crippen LogP contribution is 2.22. The maximum Gasteiger partial charge on any atom is 0.177 e. The van der Waals surface area contributed by atoms with Crippen LogP contribution in [0, 0.1) is 0 Å². The van der Waals surface area contributed by atoms with Crippen LogP contribution < -0.4 is 0 Å². The second-order valence-corrected chi connectivity index (χ2v) is 3.41. The first-order chi connectivity index (χ1) is 7.22. The molecule has 0 aromatic carbocycles. The lowest BCUT2D eigenvalue weighted by Crippen LogP contribution is -2.34. The van der Waals surface area contributed by atoms with Crippen molar-refractivity contribution in [2.45, 2.75) is 30.8 Å². The molecule has 2 rings (SSSR count). The number of ether oxygens (including phenoxy) is 1. The molecule has 1 aromatic heterocycles. The minimum Gasteiger partial charge on any atom is -0.394 e. The van der Waals surface area contributed by atoms with Crippen LogP contribution in [0.1, 0.15) is 5.82 Å². The summed E-state index contributed by atoms with van der Waals surface area (Å²) in [6.07, 6.45) is -3.25. The SMILES string of the molecule is OC[C@H]1O[C@@H](Cc2nn[nH]n2)C(O)C1O. The lowest BCUT2D eigenvalue weighted by atomic mass is 10.1. The van der Waals surface area contributed by atoms with Gasteiger partial charge >= 0.3 is 0 Å². The minimum atomic E-state index is -1.08. The molecule has 1 aliphatic rings. The van der Waals surface area contributed by atoms with Gasteiger partial charge in [-0.15, -0.1) is 10.2 Å². The molecule has 8 nitrogen and oxygen atoms in total. The van der Waals surface area contributed by atoms with Gasteiger partial charge in [0.25, 0.3) is 0 Å². The molecule has 0 radical (unpaired) electrons. The first kappa shape index (κ1) is 10.4. The quantitative estimate of drug-likeness (QED) is 0.431. The molecule has 15 heavy (non-hydrogen) atoms. The molecule has 84 valence electrons. The van der Waals surface area contributed by atoms with Crippen LogP contribution in [0.4, 0.5) is 0 Å². The van der Waals surface area contributed by atoms with E-state index < -0.39 is 24.4 Å². The first-order valence-electron chi connectivity index (χ1n) is 4.57. The van der Waals surface area contributed by atoms with Crippen LogP contribution in [0.3, 0.4) is 0 Å². The summed E-state index contributed by atoms with van der Waals surface area (Å²) in [5.41, 5.74) is 0. The maximum absolute atomic E-state index is 9.59. The second kappa shape index (κ2) is 4.19. The van der Waals surface area contributed by atoms with Crippen LogP contribution in [-0.4, -0.2) is 67.0 Å². The van der Waals surface area contributed by atoms with Gasteiger partial charge in [0.1, 0.15) is 18.3 Å². The van der Waals surface area contributed by atoms with Gasteiger partial charge in [0.15, 0.2) is 5.82 Å². The van der Waals surface area contributed by atoms with Gasteiger partial charge in [-0.2, -0.15) is 5.21 Å². The van der Waals surface area contributed by atoms with Crippen LogP contribution in [0.5, 0.6) is 0 Å². The Kier molecular flexibility index (Phi) is 2.91. The predicted octanol–water partition coefficient (Wildman–Crippen LogP) is -2.78. The van der Waals surface area contributed by atoms with E-state index >= 15 is 0 Å². The summed E-state index contributed by atoms with van der Waals surface area (Å²) in [7, 11) is 0. The number of aromatic amines is 1. The van der Waals surface area contributed by atoms with Crippen molar-refractivity contribution in [3.63, 3.8) is 0 Å². The van der Waals surface area contributed by atoms with E-state index in [4.69, 9.17) is 9.84 Å². The van der Waals surface area contributed by atoms with Gasteiger partial charge in [0.2, 0.25) is 0 Å². The molecule has 1 aliphatic heterocycles. The zero-order valence-corrected chi connectivity index (χ0v) is 7.82. The van der Waals surface area contributed by atoms with Gasteiger partial charge in [-0.25, -0.2) is 0 Å². The van der Waals surface area contributed by atoms with Crippen molar-refractivity contribution in [3.05, 3.63) is 5.82 Å². The molecule has 1 aromatic rings. The Morgan fingerprint density at radius 2 is 2.00 bits per heavy atom. The number of hydrogen-bond acceptors (Lipinski definition) is 7. The average Bonchev–Trinajstić information content (AvgIpc) is 2.82. The van der Waals surface area contributed by atoms with Gasteiger partial charge in [-0.1, -0.05) is 5.21 Å². The van der Waals surface area contributed by atoms with Gasteiger partial charge in [-0.3, -0.25) is 0 Å². The molecular weight excluding hydrogens is 204 g/mol. The Hall–Kier alpha value is -1.09. The number of hydrogen-bond donors (Lipinski definition) is 4. The minimum absolute atomic E-state index is 0.241. The molecular formula is C7H12N4O4. The van der Waals surface area contributed by atoms with Gasteiger partial charge < -0.3 is 20.1 Å². The fourth-order valence-corrected chi connectivity index (χ4v) is 1.59. The van der Waals surface area contributed by atoms with Crippen molar-refractivity contribution >= 4 is 0 Å². The summed E-state index contributed by atoms with van der Waals surface area (Å²) in [5.74, 6) is 0.393. The molecule has 0 bridgehead atoms. The Morgan fingerprint density at radius 1 is 1.27 bits per heavy atom. The Balaban J connectivity index is 1.99. The summed E-state index contributed by atoms with van der Waals surface area (Å²) < 4.78 is 5.24. The molecule has 1 fully saturated rings. The summed E-state index contributed by atoms with van der Waals surface area (Å²) >= 11 is 0. The number of nitrogens with one attached hydrogen (secondary N) is 1. The predicted molar refractivity (Wildman–Crippen MR) is 45.6 cm³/mol. The maximum atomic E-state index is 9.59. The number of aromatic nitrogens is 4. The molecule has 0 aliphatic carbocycles. The Bertz CT molecular complexity index is 306. The van der Waals surface area contributed by atoms with Crippen molar-refractivity contribution in [2.75, 3.05) is 6.61 Å². The normalized spacial score (nSPS) is 35.9. The van der Waals surface area contributed by atoms with E-state index in [1.54, 1.807) is 0 Å². The van der Waals surface area contributed by atoms with Crippen LogP contribution in [0.2, 0.25) is 0 Å². The smallest absolute Gasteiger partial charge is 0.177 e. The van der Waals surface area contributed by atoms with Gasteiger partial charge in [0.05, 0.1) is 12.7 Å². The summed E-state index contributed by atoms with van der Waals surface area (Å²) in [4.78, 5) is 0. The molecule has 4 atom stereocenters. The molecule has 0 amide bonds. The largest absolute Gasteiger partial charge is 0.394 e. The van der Waals surface area contributed by atoms with Crippen LogP contribution in [-0.2, 0) is 11.2 Å². The molecule has 4 N–H and O–H groups in total. The third-order valence-electron chi connectivity index (χ3n) is 2.41. The number of rotatable bonds is 3. The lowest BCUT2D eigenvalue weighted by molar-refractivity contribution is -0.0220. The molecule has 0 saturated carbocycles. The van der Waals surface area contributed by atoms with E-state index in [0.29, 0.717) is 5.82 Å². The third kappa shape index (κ3) is 1.97. The van der Waals surface area contributed by atoms with E-state index in [0.717, 1.165) is 0 Å². The second-order valence-electron chi connectivity index (χ2n) is 3.41. The van der Waals surface area contributed by atoms with Crippen molar-refractivity contribution in [3.8, 4) is 0 Å². The van der Waals surface area contributed by atoms with Crippen molar-refractivity contribution in [1.82, 2.24) is 20.6 Å². The van der Waals surface area contributed by atoms with Crippen LogP contribution in [0.25, 0.3) is 0 Å². The number of tetrazole rings is 1. The third-order valence-corrected chi connectivity index (χ3v) is 2.41. The van der Waals surface area contributed by atoms with Gasteiger partial charge in [-0.05, 0) is 0 Å². The molecule has 8 heteroatoms. The summed E-state index contributed by atoms with van der Waals surface area (Å²) in [5, 5.41) is 40.9. The van der Waals surface area contributed by atoms with Crippen LogP contribution in [0.15, 0.2) is 0 Å². The summed E-state index contributed by atoms with van der Waals surface area (Å²) in [6.45, 7) is -0.332. The molecule has 2 heterocycles. The zero-order valence-electron chi connectivity index (χ0n) is 7.82. The van der Waals surface area contributed by atoms with Gasteiger partial charge in [0, 0.05) is 6.42 Å². The topological polar surface area (TPSA) is 124 Å². The van der Waals surface area contributed by atoms with Crippen molar-refractivity contribution in [1.29, 1.82) is 0 Å². The zero-order chi connectivity index (χ0) is 10.8. The number of nitrogens with zero attached hydrogens (tertiary/aromatic N) is 3. The fourth-order valence-electron chi connectivity index (χ4n) is 1.59. The van der Waals surface area contributed by atoms with Crippen molar-refractivity contribution < 1.29 is 20.1 Å². The monoisotopic (exact) mass is 216 g/mol. The Labute approximate surface area is 84.9 Å². The lowest BCUT2D eigenvalue weighted by Gasteiger charge is -2.11. The standard InChI is InChI=1S/C7H12N4O4/c12-2-4-7(14)6(13)3(15-4)1-5-8-10-11-9-5/h3-4,6-7,12-14H,1-2H2,(H,8,9,10,11)/t3-,4+,6?,7?/m0/s1. The number of H-pyrrole nitrogens is 1. The van der Waals surface area contributed by atoms with Crippen LogP contribution >= 0.6 is 0 Å². The van der Waals surface area contributed by atoms with E-state index in [-0.39, 0.29) is 13.0 Å². The van der Waals surface area contributed by atoms with E-state index in [1.807, 2.05) is 0 Å². The number of aliphatic hydroxyl groups excluding tert-OH is 3. The number of aliphatic hydroxyl groups is 3. The molecule has 2 unspecified atom stereocenters. The molecule has 0 spiro atoms. The highest BCUT2D eigenvalue weighted by atomic mass is 16.6. The van der Waals surface area contributed by atoms with E-state index in [9.17, 15) is 10.2 Å². The van der Waals surface area contributed by atoms with Crippen molar-refractivity contribution in [2.24, 2.45) is 0 Å².